The number of hydrogen-bond acceptors (Lipinski definition) is 2. The topological polar surface area (TPSA) is 12.0 Å². The van der Waals surface area contributed by atoms with Gasteiger partial charge in [-0.3, -0.25) is 5.32 Å². The predicted molar refractivity (Wildman–Crippen MR) is 80.7 cm³/mol. The van der Waals surface area contributed by atoms with Gasteiger partial charge in [0.15, 0.2) is 0 Å². The van der Waals surface area contributed by atoms with Crippen LogP contribution in [0, 0.1) is 0 Å². The molecular weight excluding hydrogens is 238 g/mol. The molecule has 1 atom stereocenters. The Kier molecular flexibility index (Phi) is 4.24. The zero-order valence-electron chi connectivity index (χ0n) is 10.5. The maximum Gasteiger partial charge on any atom is 0.0697 e. The highest BCUT2D eigenvalue weighted by Gasteiger charge is 2.22. The number of benzene rings is 2. The number of thiocarbonyl (C=S) groups is 1. The molecule has 0 bridgehead atoms. The van der Waals surface area contributed by atoms with Crippen molar-refractivity contribution >= 4 is 17.6 Å². The van der Waals surface area contributed by atoms with E-state index >= 15 is 0 Å². The van der Waals surface area contributed by atoms with Gasteiger partial charge in [-0.25, -0.2) is 0 Å². The number of nitrogens with one attached hydrogen (secondary N) is 1. The van der Waals surface area contributed by atoms with Gasteiger partial charge < -0.3 is 0 Å². The second kappa shape index (κ2) is 5.89. The molecule has 0 saturated carbocycles. The lowest BCUT2D eigenvalue weighted by Gasteiger charge is -2.27. The molecule has 18 heavy (non-hydrogen) atoms. The zero-order chi connectivity index (χ0) is 12.8. The van der Waals surface area contributed by atoms with Gasteiger partial charge in [0.1, 0.15) is 0 Å². The molecule has 0 aliphatic carbocycles. The Bertz CT molecular complexity index is 495. The summed E-state index contributed by atoms with van der Waals surface area (Å²) in [6.07, 6.45) is 0. The molecule has 1 N–H and O–H groups in total. The molecular formula is C16H17NS. The third-order valence-corrected chi connectivity index (χ3v) is 3.58. The summed E-state index contributed by atoms with van der Waals surface area (Å²) in [5, 5.41) is 5.32. The molecule has 0 radical (unpaired) electrons. The maximum atomic E-state index is 5.20. The Hall–Kier alpha value is -1.51. The summed E-state index contributed by atoms with van der Waals surface area (Å²) >= 11 is 5.20. The average Bonchev–Trinajstić information content (AvgIpc) is 2.47. The molecule has 2 aromatic carbocycles. The number of rotatable bonds is 5. The molecule has 0 spiro atoms. The van der Waals surface area contributed by atoms with Gasteiger partial charge in [-0.05, 0) is 18.1 Å². The van der Waals surface area contributed by atoms with Crippen LogP contribution in [-0.2, 0) is 12.1 Å². The van der Waals surface area contributed by atoms with Crippen molar-refractivity contribution in [3.8, 4) is 0 Å². The van der Waals surface area contributed by atoms with Crippen molar-refractivity contribution in [1.82, 2.24) is 5.32 Å². The fourth-order valence-corrected chi connectivity index (χ4v) is 2.10. The predicted octanol–water partition coefficient (Wildman–Crippen LogP) is 3.69. The van der Waals surface area contributed by atoms with E-state index in [1.807, 2.05) is 36.4 Å². The van der Waals surface area contributed by atoms with Crippen molar-refractivity contribution in [1.29, 1.82) is 0 Å². The van der Waals surface area contributed by atoms with Gasteiger partial charge >= 0.3 is 0 Å². The molecule has 0 aromatic heterocycles. The van der Waals surface area contributed by atoms with Crippen LogP contribution in [0.2, 0.25) is 0 Å². The van der Waals surface area contributed by atoms with Crippen LogP contribution >= 0.6 is 12.2 Å². The van der Waals surface area contributed by atoms with E-state index in [0.29, 0.717) is 0 Å². The Morgan fingerprint density at radius 3 is 2.11 bits per heavy atom. The van der Waals surface area contributed by atoms with Crippen molar-refractivity contribution in [2.24, 2.45) is 0 Å². The average molecular weight is 255 g/mol. The third-order valence-electron chi connectivity index (χ3n) is 3.11. The van der Waals surface area contributed by atoms with Gasteiger partial charge in [0.05, 0.1) is 5.54 Å². The Labute approximate surface area is 114 Å². The normalized spacial score (nSPS) is 13.8. The molecule has 0 heterocycles. The molecule has 0 aliphatic rings. The molecule has 2 heteroatoms. The van der Waals surface area contributed by atoms with Crippen molar-refractivity contribution in [3.05, 3.63) is 71.8 Å². The van der Waals surface area contributed by atoms with Crippen LogP contribution in [0.1, 0.15) is 18.1 Å². The summed E-state index contributed by atoms with van der Waals surface area (Å²) in [4.78, 5) is 0. The lowest BCUT2D eigenvalue weighted by atomic mass is 9.94. The molecule has 1 unspecified atom stereocenters. The summed E-state index contributed by atoms with van der Waals surface area (Å²) in [5.74, 6) is 0. The van der Waals surface area contributed by atoms with Crippen LogP contribution in [0.15, 0.2) is 60.7 Å². The Morgan fingerprint density at radius 1 is 1.00 bits per heavy atom. The van der Waals surface area contributed by atoms with Gasteiger partial charge in [0.25, 0.3) is 0 Å². The minimum atomic E-state index is -0.271. The van der Waals surface area contributed by atoms with E-state index in [2.05, 4.69) is 36.5 Å². The number of hydrogen-bond donors (Lipinski definition) is 1. The first-order valence-corrected chi connectivity index (χ1v) is 6.52. The van der Waals surface area contributed by atoms with E-state index in [0.717, 1.165) is 6.54 Å². The molecule has 0 fully saturated rings. The Morgan fingerprint density at radius 2 is 1.56 bits per heavy atom. The molecule has 1 nitrogen and oxygen atoms in total. The van der Waals surface area contributed by atoms with Crippen LogP contribution in [0.3, 0.4) is 0 Å². The summed E-state index contributed by atoms with van der Waals surface area (Å²) in [6.45, 7) is 2.91. The summed E-state index contributed by atoms with van der Waals surface area (Å²) < 4.78 is 0. The molecule has 2 aromatic rings. The van der Waals surface area contributed by atoms with Crippen LogP contribution in [0.25, 0.3) is 0 Å². The minimum absolute atomic E-state index is 0.271. The highest BCUT2D eigenvalue weighted by Crippen LogP contribution is 2.19. The second-order valence-electron chi connectivity index (χ2n) is 4.53. The minimum Gasteiger partial charge on any atom is -0.300 e. The summed E-state index contributed by atoms with van der Waals surface area (Å²) in [7, 11) is 0. The second-order valence-corrected chi connectivity index (χ2v) is 4.76. The molecule has 0 amide bonds. The van der Waals surface area contributed by atoms with Crippen molar-refractivity contribution in [2.45, 2.75) is 19.0 Å². The fraction of sp³-hybridized carbons (Fsp3) is 0.188. The van der Waals surface area contributed by atoms with E-state index in [9.17, 15) is 0 Å². The highest BCUT2D eigenvalue weighted by molar-refractivity contribution is 7.79. The highest BCUT2D eigenvalue weighted by atomic mass is 32.1. The van der Waals surface area contributed by atoms with Crippen LogP contribution < -0.4 is 5.32 Å². The molecule has 2 rings (SSSR count). The van der Waals surface area contributed by atoms with Crippen molar-refractivity contribution < 1.29 is 0 Å². The lowest BCUT2D eigenvalue weighted by Crippen LogP contribution is -2.40. The molecule has 0 aliphatic heterocycles. The van der Waals surface area contributed by atoms with Crippen LogP contribution in [0.4, 0.5) is 0 Å². The quantitative estimate of drug-likeness (QED) is 0.818. The van der Waals surface area contributed by atoms with Crippen LogP contribution in [0.5, 0.6) is 0 Å². The lowest BCUT2D eigenvalue weighted by molar-refractivity contribution is 0.498. The van der Waals surface area contributed by atoms with E-state index in [4.69, 9.17) is 12.2 Å². The zero-order valence-corrected chi connectivity index (χ0v) is 11.3. The summed E-state index contributed by atoms with van der Waals surface area (Å²) in [5.41, 5.74) is 2.18. The Balaban J connectivity index is 2.12. The van der Waals surface area contributed by atoms with E-state index < -0.39 is 0 Å². The third kappa shape index (κ3) is 3.03. The van der Waals surface area contributed by atoms with Gasteiger partial charge in [0.2, 0.25) is 0 Å². The standard InChI is InChI=1S/C16H17NS/c1-16(13-18,15-10-6-3-7-11-15)17-12-14-8-4-2-5-9-14/h2-11,13,17H,12H2,1H3. The smallest absolute Gasteiger partial charge is 0.0697 e. The largest absolute Gasteiger partial charge is 0.300 e. The van der Waals surface area contributed by atoms with E-state index in [1.165, 1.54) is 11.1 Å². The van der Waals surface area contributed by atoms with Gasteiger partial charge in [-0.15, -0.1) is 0 Å². The van der Waals surface area contributed by atoms with Crippen LogP contribution in [-0.4, -0.2) is 5.37 Å². The van der Waals surface area contributed by atoms with E-state index in [-0.39, 0.29) is 5.54 Å². The molecule has 0 saturated heterocycles. The van der Waals surface area contributed by atoms with Gasteiger partial charge in [0, 0.05) is 11.9 Å². The SMILES string of the molecule is CC(C=S)(NCc1ccccc1)c1ccccc1. The summed E-state index contributed by atoms with van der Waals surface area (Å²) in [6, 6.07) is 20.6. The first kappa shape index (κ1) is 12.9. The van der Waals surface area contributed by atoms with E-state index in [1.54, 1.807) is 5.37 Å². The van der Waals surface area contributed by atoms with Crippen molar-refractivity contribution in [3.63, 3.8) is 0 Å². The maximum absolute atomic E-state index is 5.20. The first-order valence-electron chi connectivity index (χ1n) is 6.05. The van der Waals surface area contributed by atoms with Gasteiger partial charge in [-0.1, -0.05) is 72.9 Å². The molecule has 92 valence electrons. The fourth-order valence-electron chi connectivity index (χ4n) is 1.88. The van der Waals surface area contributed by atoms with Gasteiger partial charge in [-0.2, -0.15) is 0 Å². The first-order chi connectivity index (χ1) is 8.74. The monoisotopic (exact) mass is 255 g/mol. The van der Waals surface area contributed by atoms with Crippen molar-refractivity contribution in [2.75, 3.05) is 0 Å².